The highest BCUT2D eigenvalue weighted by atomic mass is 16.5. The van der Waals surface area contributed by atoms with Gasteiger partial charge in [-0.1, -0.05) is 30.3 Å². The van der Waals surface area contributed by atoms with Gasteiger partial charge < -0.3 is 9.15 Å². The van der Waals surface area contributed by atoms with Crippen molar-refractivity contribution in [3.05, 3.63) is 75.6 Å². The van der Waals surface area contributed by atoms with E-state index in [9.17, 15) is 4.79 Å². The van der Waals surface area contributed by atoms with Crippen LogP contribution < -0.4 is 10.4 Å². The second-order valence-corrected chi connectivity index (χ2v) is 5.81. The summed E-state index contributed by atoms with van der Waals surface area (Å²) in [5, 5.41) is 0.969. The van der Waals surface area contributed by atoms with Crippen LogP contribution in [0.4, 0.5) is 0 Å². The normalized spacial score (nSPS) is 19.9. The zero-order valence-electron chi connectivity index (χ0n) is 12.5. The van der Waals surface area contributed by atoms with E-state index in [1.807, 2.05) is 37.3 Å². The zero-order chi connectivity index (χ0) is 15.3. The molecule has 2 heterocycles. The van der Waals surface area contributed by atoms with E-state index >= 15 is 0 Å². The number of fused-ring (bicyclic) bond motifs is 3. The summed E-state index contributed by atoms with van der Waals surface area (Å²) in [6.07, 6.45) is 0.00816. The van der Waals surface area contributed by atoms with Gasteiger partial charge in [-0.2, -0.15) is 0 Å². The number of rotatable bonds is 1. The molecule has 3 aromatic rings. The first-order valence-corrected chi connectivity index (χ1v) is 7.44. The SMILES string of the molecule is Cc1cc(=O)oc2c3c(ccc12)OC(C)C3c1ccccc1. The van der Waals surface area contributed by atoms with Crippen molar-refractivity contribution in [1.29, 1.82) is 0 Å². The van der Waals surface area contributed by atoms with E-state index < -0.39 is 0 Å². The Balaban J connectivity index is 2.05. The van der Waals surface area contributed by atoms with Crippen molar-refractivity contribution in [1.82, 2.24) is 0 Å². The largest absolute Gasteiger partial charge is 0.489 e. The molecular weight excluding hydrogens is 276 g/mol. The van der Waals surface area contributed by atoms with Crippen LogP contribution in [0.25, 0.3) is 11.0 Å². The molecule has 0 amide bonds. The van der Waals surface area contributed by atoms with Gasteiger partial charge >= 0.3 is 5.63 Å². The lowest BCUT2D eigenvalue weighted by Gasteiger charge is -2.15. The third-order valence-corrected chi connectivity index (χ3v) is 4.37. The lowest BCUT2D eigenvalue weighted by molar-refractivity contribution is 0.239. The summed E-state index contributed by atoms with van der Waals surface area (Å²) in [5.41, 5.74) is 3.42. The predicted molar refractivity (Wildman–Crippen MR) is 85.6 cm³/mol. The Labute approximate surface area is 128 Å². The number of hydrogen-bond acceptors (Lipinski definition) is 3. The van der Waals surface area contributed by atoms with E-state index in [4.69, 9.17) is 9.15 Å². The van der Waals surface area contributed by atoms with Crippen LogP contribution in [0.5, 0.6) is 5.75 Å². The second-order valence-electron chi connectivity index (χ2n) is 5.81. The number of ether oxygens (including phenoxy) is 1. The maximum Gasteiger partial charge on any atom is 0.336 e. The van der Waals surface area contributed by atoms with Gasteiger partial charge in [0.05, 0.1) is 5.92 Å². The first-order chi connectivity index (χ1) is 10.6. The summed E-state index contributed by atoms with van der Waals surface area (Å²) < 4.78 is 11.5. The molecule has 2 atom stereocenters. The summed E-state index contributed by atoms with van der Waals surface area (Å²) in [7, 11) is 0. The quantitative estimate of drug-likeness (QED) is 0.636. The van der Waals surface area contributed by atoms with Gasteiger partial charge in [0.1, 0.15) is 17.4 Å². The van der Waals surface area contributed by atoms with Crippen LogP contribution in [0.1, 0.15) is 29.5 Å². The molecule has 0 saturated carbocycles. The van der Waals surface area contributed by atoms with Crippen LogP contribution in [0.15, 0.2) is 57.7 Å². The predicted octanol–water partition coefficient (Wildman–Crippen LogP) is 4.01. The van der Waals surface area contributed by atoms with E-state index in [-0.39, 0.29) is 17.6 Å². The Morgan fingerprint density at radius 3 is 2.59 bits per heavy atom. The topological polar surface area (TPSA) is 39.4 Å². The fourth-order valence-electron chi connectivity index (χ4n) is 3.38. The van der Waals surface area contributed by atoms with Gasteiger partial charge in [0, 0.05) is 17.0 Å². The molecular formula is C19H16O3. The lowest BCUT2D eigenvalue weighted by atomic mass is 9.87. The van der Waals surface area contributed by atoms with Crippen LogP contribution in [-0.4, -0.2) is 6.10 Å². The molecule has 3 heteroatoms. The highest BCUT2D eigenvalue weighted by molar-refractivity contribution is 5.86. The Bertz CT molecular complexity index is 909. The van der Waals surface area contributed by atoms with E-state index in [1.54, 1.807) is 0 Å². The van der Waals surface area contributed by atoms with E-state index in [0.717, 1.165) is 22.3 Å². The molecule has 3 nitrogen and oxygen atoms in total. The average Bonchev–Trinajstić information content (AvgIpc) is 2.84. The highest BCUT2D eigenvalue weighted by Gasteiger charge is 2.35. The van der Waals surface area contributed by atoms with Crippen molar-refractivity contribution >= 4 is 11.0 Å². The smallest absolute Gasteiger partial charge is 0.336 e. The monoisotopic (exact) mass is 292 g/mol. The summed E-state index contributed by atoms with van der Waals surface area (Å²) in [4.78, 5) is 11.8. The third-order valence-electron chi connectivity index (χ3n) is 4.37. The molecule has 1 aliphatic rings. The molecule has 110 valence electrons. The van der Waals surface area contributed by atoms with Crippen molar-refractivity contribution in [3.8, 4) is 5.75 Å². The van der Waals surface area contributed by atoms with Crippen LogP contribution in [0.3, 0.4) is 0 Å². The first-order valence-electron chi connectivity index (χ1n) is 7.44. The van der Waals surface area contributed by atoms with E-state index in [1.165, 1.54) is 11.6 Å². The first kappa shape index (κ1) is 13.1. The fraction of sp³-hybridized carbons (Fsp3) is 0.211. The molecule has 22 heavy (non-hydrogen) atoms. The molecule has 1 aliphatic heterocycles. The van der Waals surface area contributed by atoms with Crippen molar-refractivity contribution in [2.45, 2.75) is 25.9 Å². The summed E-state index contributed by atoms with van der Waals surface area (Å²) in [6, 6.07) is 15.7. The van der Waals surface area contributed by atoms with Crippen LogP contribution >= 0.6 is 0 Å². The minimum Gasteiger partial charge on any atom is -0.489 e. The fourth-order valence-corrected chi connectivity index (χ4v) is 3.38. The minimum absolute atomic E-state index is 0.00816. The van der Waals surface area contributed by atoms with E-state index in [2.05, 4.69) is 19.1 Å². The maximum absolute atomic E-state index is 11.8. The Hall–Kier alpha value is -2.55. The van der Waals surface area contributed by atoms with Gasteiger partial charge in [0.2, 0.25) is 0 Å². The van der Waals surface area contributed by atoms with Crippen molar-refractivity contribution in [3.63, 3.8) is 0 Å². The molecule has 0 aliphatic carbocycles. The summed E-state index contributed by atoms with van der Waals surface area (Å²) >= 11 is 0. The lowest BCUT2D eigenvalue weighted by Crippen LogP contribution is -2.15. The standard InChI is InChI=1S/C19H16O3/c1-11-10-16(20)22-19-14(11)8-9-15-18(19)17(12(2)21-15)13-6-4-3-5-7-13/h3-10,12,17H,1-2H3. The van der Waals surface area contributed by atoms with Crippen LogP contribution in [-0.2, 0) is 0 Å². The van der Waals surface area contributed by atoms with Crippen molar-refractivity contribution in [2.24, 2.45) is 0 Å². The van der Waals surface area contributed by atoms with Gasteiger partial charge in [0.25, 0.3) is 0 Å². The molecule has 1 aromatic heterocycles. The van der Waals surface area contributed by atoms with Gasteiger partial charge in [0.15, 0.2) is 0 Å². The molecule has 0 radical (unpaired) electrons. The second kappa shape index (κ2) is 4.73. The molecule has 0 saturated heterocycles. The Morgan fingerprint density at radius 2 is 1.82 bits per heavy atom. The Morgan fingerprint density at radius 1 is 1.05 bits per heavy atom. The molecule has 0 N–H and O–H groups in total. The van der Waals surface area contributed by atoms with E-state index in [0.29, 0.717) is 5.58 Å². The van der Waals surface area contributed by atoms with Gasteiger partial charge in [-0.15, -0.1) is 0 Å². The van der Waals surface area contributed by atoms with Crippen molar-refractivity contribution < 1.29 is 9.15 Å². The van der Waals surface area contributed by atoms with Gasteiger partial charge in [-0.3, -0.25) is 0 Å². The molecule has 2 unspecified atom stereocenters. The Kier molecular flexibility index (Phi) is 2.83. The number of aryl methyl sites for hydroxylation is 1. The van der Waals surface area contributed by atoms with Gasteiger partial charge in [-0.05, 0) is 37.1 Å². The third kappa shape index (κ3) is 1.86. The van der Waals surface area contributed by atoms with Gasteiger partial charge in [-0.25, -0.2) is 4.79 Å². The van der Waals surface area contributed by atoms with Crippen molar-refractivity contribution in [2.75, 3.05) is 0 Å². The molecule has 4 rings (SSSR count). The number of benzene rings is 2. The molecule has 0 fully saturated rings. The van der Waals surface area contributed by atoms with Crippen LogP contribution in [0, 0.1) is 6.92 Å². The summed E-state index contributed by atoms with van der Waals surface area (Å²) in [5.74, 6) is 0.882. The maximum atomic E-state index is 11.8. The minimum atomic E-state index is -0.315. The summed E-state index contributed by atoms with van der Waals surface area (Å²) in [6.45, 7) is 3.99. The molecule has 0 bridgehead atoms. The van der Waals surface area contributed by atoms with Crippen LogP contribution in [0.2, 0.25) is 0 Å². The zero-order valence-corrected chi connectivity index (χ0v) is 12.5. The highest BCUT2D eigenvalue weighted by Crippen LogP contribution is 2.45. The number of hydrogen-bond donors (Lipinski definition) is 0. The molecule has 2 aromatic carbocycles. The molecule has 0 spiro atoms. The average molecular weight is 292 g/mol.